The van der Waals surface area contributed by atoms with Crippen LogP contribution in [0, 0.1) is 11.3 Å². The van der Waals surface area contributed by atoms with Crippen LogP contribution >= 0.6 is 0 Å². The number of carbonyl (C=O) groups is 1. The van der Waals surface area contributed by atoms with Crippen molar-refractivity contribution in [1.29, 1.82) is 0 Å². The molecule has 3 rings (SSSR count). The van der Waals surface area contributed by atoms with E-state index in [1.807, 2.05) is 0 Å². The van der Waals surface area contributed by atoms with E-state index in [0.29, 0.717) is 17.4 Å². The molecule has 3 N–H and O–H groups in total. The summed E-state index contributed by atoms with van der Waals surface area (Å²) in [6, 6.07) is 0.308. The molecule has 21 heavy (non-hydrogen) atoms. The van der Waals surface area contributed by atoms with Crippen molar-refractivity contribution in [3.05, 3.63) is 0 Å². The lowest BCUT2D eigenvalue weighted by molar-refractivity contribution is -0.124. The Morgan fingerprint density at radius 2 is 1.57 bits per heavy atom. The largest absolute Gasteiger partial charge is 0.353 e. The van der Waals surface area contributed by atoms with Crippen molar-refractivity contribution in [3.8, 4) is 0 Å². The lowest BCUT2D eigenvalue weighted by Crippen LogP contribution is -2.62. The summed E-state index contributed by atoms with van der Waals surface area (Å²) >= 11 is 0. The minimum atomic E-state index is 0.0929. The zero-order valence-electron chi connectivity index (χ0n) is 14.0. The summed E-state index contributed by atoms with van der Waals surface area (Å²) in [5.41, 5.74) is 0.526. The first-order valence-corrected chi connectivity index (χ1v) is 8.52. The summed E-state index contributed by atoms with van der Waals surface area (Å²) in [5.74, 6) is 0.594. The van der Waals surface area contributed by atoms with E-state index in [4.69, 9.17) is 0 Å². The lowest BCUT2D eigenvalue weighted by atomic mass is 9.79. The first-order valence-electron chi connectivity index (χ1n) is 8.52. The molecule has 120 valence electrons. The summed E-state index contributed by atoms with van der Waals surface area (Å²) in [4.78, 5) is 12.6. The van der Waals surface area contributed by atoms with Crippen molar-refractivity contribution in [1.82, 2.24) is 16.0 Å². The van der Waals surface area contributed by atoms with Crippen LogP contribution in [0.15, 0.2) is 0 Å². The lowest BCUT2D eigenvalue weighted by Gasteiger charge is -2.46. The number of amides is 1. The van der Waals surface area contributed by atoms with Crippen molar-refractivity contribution in [2.75, 3.05) is 13.1 Å². The van der Waals surface area contributed by atoms with Crippen LogP contribution in [0.5, 0.6) is 0 Å². The van der Waals surface area contributed by atoms with Crippen LogP contribution in [0.25, 0.3) is 0 Å². The Balaban J connectivity index is 1.58. The van der Waals surface area contributed by atoms with Gasteiger partial charge in [0.05, 0.1) is 0 Å². The molecule has 4 nitrogen and oxygen atoms in total. The van der Waals surface area contributed by atoms with Gasteiger partial charge < -0.3 is 16.0 Å². The molecule has 2 saturated heterocycles. The Morgan fingerprint density at radius 1 is 1.00 bits per heavy atom. The molecule has 0 radical (unpaired) electrons. The second-order valence-corrected chi connectivity index (χ2v) is 8.88. The van der Waals surface area contributed by atoms with Gasteiger partial charge in [-0.05, 0) is 78.3 Å². The average Bonchev–Trinajstić information content (AvgIpc) is 2.99. The highest BCUT2D eigenvalue weighted by atomic mass is 16.2. The number of rotatable bonds is 2. The molecule has 2 heterocycles. The zero-order chi connectivity index (χ0) is 15.3. The van der Waals surface area contributed by atoms with Gasteiger partial charge in [0, 0.05) is 23.0 Å². The molecular formula is C17H31N3O. The zero-order valence-corrected chi connectivity index (χ0v) is 14.0. The molecule has 1 aliphatic carbocycles. The Bertz CT molecular complexity index is 408. The third-order valence-electron chi connectivity index (χ3n) is 5.64. The highest BCUT2D eigenvalue weighted by molar-refractivity contribution is 5.83. The molecule has 1 unspecified atom stereocenters. The fourth-order valence-electron chi connectivity index (χ4n) is 4.92. The quantitative estimate of drug-likeness (QED) is 0.728. The SMILES string of the molecule is CC1(C)CC(NC(=O)C2CC23CCNCC3)CC(C)(C)N1. The van der Waals surface area contributed by atoms with Gasteiger partial charge in [-0.2, -0.15) is 0 Å². The first-order chi connectivity index (χ1) is 9.72. The second kappa shape index (κ2) is 4.95. The smallest absolute Gasteiger partial charge is 0.223 e. The maximum absolute atomic E-state index is 12.6. The standard InChI is InChI=1S/C17H31N3O/c1-15(2)9-12(10-16(3,4)20-15)19-14(21)13-11-17(13)5-7-18-8-6-17/h12-13,18,20H,5-11H2,1-4H3,(H,19,21). The van der Waals surface area contributed by atoms with E-state index in [0.717, 1.165) is 32.4 Å². The Labute approximate surface area is 128 Å². The summed E-state index contributed by atoms with van der Waals surface area (Å²) in [5, 5.41) is 10.4. The van der Waals surface area contributed by atoms with Crippen molar-refractivity contribution in [2.45, 2.75) is 76.9 Å². The normalized spacial score (nSPS) is 33.6. The van der Waals surface area contributed by atoms with Crippen LogP contribution in [0.1, 0.15) is 59.8 Å². The molecule has 2 aliphatic heterocycles. The topological polar surface area (TPSA) is 53.2 Å². The van der Waals surface area contributed by atoms with Gasteiger partial charge in [0.25, 0.3) is 0 Å². The highest BCUT2D eigenvalue weighted by Crippen LogP contribution is 2.58. The van der Waals surface area contributed by atoms with E-state index in [1.54, 1.807) is 0 Å². The average molecular weight is 293 g/mol. The minimum absolute atomic E-state index is 0.0929. The molecule has 1 spiro atoms. The molecule has 4 heteroatoms. The summed E-state index contributed by atoms with van der Waals surface area (Å²) in [6.45, 7) is 11.1. The molecule has 0 aromatic rings. The Morgan fingerprint density at radius 3 is 2.14 bits per heavy atom. The number of hydrogen-bond donors (Lipinski definition) is 3. The monoisotopic (exact) mass is 293 g/mol. The Hall–Kier alpha value is -0.610. The van der Waals surface area contributed by atoms with Crippen LogP contribution in [0.2, 0.25) is 0 Å². The van der Waals surface area contributed by atoms with Gasteiger partial charge in [-0.15, -0.1) is 0 Å². The van der Waals surface area contributed by atoms with Crippen molar-refractivity contribution < 1.29 is 4.79 Å². The number of hydrogen-bond acceptors (Lipinski definition) is 3. The fraction of sp³-hybridized carbons (Fsp3) is 0.941. The molecule has 1 atom stereocenters. The van der Waals surface area contributed by atoms with Gasteiger partial charge in [-0.3, -0.25) is 4.79 Å². The minimum Gasteiger partial charge on any atom is -0.353 e. The van der Waals surface area contributed by atoms with E-state index in [-0.39, 0.29) is 17.0 Å². The van der Waals surface area contributed by atoms with Gasteiger partial charge in [0.1, 0.15) is 0 Å². The molecule has 3 fully saturated rings. The predicted molar refractivity (Wildman–Crippen MR) is 85.1 cm³/mol. The Kier molecular flexibility index (Phi) is 3.61. The van der Waals surface area contributed by atoms with Crippen LogP contribution < -0.4 is 16.0 Å². The van der Waals surface area contributed by atoms with Crippen molar-refractivity contribution >= 4 is 5.91 Å². The van der Waals surface area contributed by atoms with E-state index >= 15 is 0 Å². The number of nitrogens with one attached hydrogen (secondary N) is 3. The first kappa shape index (κ1) is 15.3. The third-order valence-corrected chi connectivity index (χ3v) is 5.64. The molecule has 1 saturated carbocycles. The molecule has 3 aliphatic rings. The molecular weight excluding hydrogens is 262 g/mol. The summed E-state index contributed by atoms with van der Waals surface area (Å²) in [6.07, 6.45) is 5.49. The van der Waals surface area contributed by atoms with Gasteiger partial charge in [-0.1, -0.05) is 0 Å². The van der Waals surface area contributed by atoms with Gasteiger partial charge >= 0.3 is 0 Å². The highest BCUT2D eigenvalue weighted by Gasteiger charge is 2.58. The number of piperidine rings is 2. The van der Waals surface area contributed by atoms with Crippen LogP contribution in [0.3, 0.4) is 0 Å². The second-order valence-electron chi connectivity index (χ2n) is 8.88. The summed E-state index contributed by atoms with van der Waals surface area (Å²) in [7, 11) is 0. The third kappa shape index (κ3) is 3.26. The van der Waals surface area contributed by atoms with E-state index in [9.17, 15) is 4.79 Å². The van der Waals surface area contributed by atoms with E-state index in [2.05, 4.69) is 43.6 Å². The van der Waals surface area contributed by atoms with E-state index in [1.165, 1.54) is 12.8 Å². The van der Waals surface area contributed by atoms with Gasteiger partial charge in [0.2, 0.25) is 5.91 Å². The molecule has 0 aromatic carbocycles. The van der Waals surface area contributed by atoms with Crippen molar-refractivity contribution in [2.24, 2.45) is 11.3 Å². The molecule has 0 aromatic heterocycles. The van der Waals surface area contributed by atoms with Crippen molar-refractivity contribution in [3.63, 3.8) is 0 Å². The summed E-state index contributed by atoms with van der Waals surface area (Å²) < 4.78 is 0. The van der Waals surface area contributed by atoms with Gasteiger partial charge in [0.15, 0.2) is 0 Å². The fourth-order valence-corrected chi connectivity index (χ4v) is 4.92. The van der Waals surface area contributed by atoms with E-state index < -0.39 is 0 Å². The maximum atomic E-state index is 12.6. The number of carbonyl (C=O) groups excluding carboxylic acids is 1. The maximum Gasteiger partial charge on any atom is 0.223 e. The van der Waals surface area contributed by atoms with Crippen LogP contribution in [-0.2, 0) is 4.79 Å². The predicted octanol–water partition coefficient (Wildman–Crippen LogP) is 1.80. The molecule has 0 bridgehead atoms. The molecule has 1 amide bonds. The van der Waals surface area contributed by atoms with Gasteiger partial charge in [-0.25, -0.2) is 0 Å². The van der Waals surface area contributed by atoms with Crippen LogP contribution in [0.4, 0.5) is 0 Å². The van der Waals surface area contributed by atoms with Crippen LogP contribution in [-0.4, -0.2) is 36.1 Å².